The van der Waals surface area contributed by atoms with Gasteiger partial charge in [-0.2, -0.15) is 0 Å². The fourth-order valence-corrected chi connectivity index (χ4v) is 3.74. The quantitative estimate of drug-likeness (QED) is 0.257. The van der Waals surface area contributed by atoms with Gasteiger partial charge in [0.15, 0.2) is 14.4 Å². The molecule has 170 valence electrons. The zero-order valence-corrected chi connectivity index (χ0v) is 19.6. The number of nitrogens with zero attached hydrogens (tertiary/aromatic N) is 6. The van der Waals surface area contributed by atoms with Gasteiger partial charge in [0.25, 0.3) is 5.91 Å². The molecule has 1 aromatic carbocycles. The third-order valence-corrected chi connectivity index (χ3v) is 10.2. The van der Waals surface area contributed by atoms with E-state index in [0.29, 0.717) is 12.3 Å². The van der Waals surface area contributed by atoms with Crippen LogP contribution in [-0.4, -0.2) is 42.5 Å². The van der Waals surface area contributed by atoms with Crippen molar-refractivity contribution in [2.75, 3.05) is 11.4 Å². The van der Waals surface area contributed by atoms with Crippen molar-refractivity contribution >= 4 is 26.0 Å². The second-order valence-corrected chi connectivity index (χ2v) is 13.7. The third-order valence-electron chi connectivity index (χ3n) is 5.72. The van der Waals surface area contributed by atoms with Gasteiger partial charge in [0.2, 0.25) is 0 Å². The van der Waals surface area contributed by atoms with Crippen LogP contribution in [0.1, 0.15) is 26.5 Å². The monoisotopic (exact) mass is 460 g/mol. The van der Waals surface area contributed by atoms with Crippen LogP contribution in [-0.2, 0) is 20.6 Å². The van der Waals surface area contributed by atoms with Crippen LogP contribution in [0.15, 0.2) is 35.8 Å². The Morgan fingerprint density at radius 2 is 2.06 bits per heavy atom. The van der Waals surface area contributed by atoms with E-state index in [1.807, 2.05) is 0 Å². The largest absolute Gasteiger partial charge is 0.435 e. The molecule has 1 atom stereocenters. The molecule has 1 fully saturated rings. The summed E-state index contributed by atoms with van der Waals surface area (Å²) in [6.45, 7) is 10.7. The number of carbonyl (C=O) groups excluding carboxylic acids is 2. The van der Waals surface area contributed by atoms with E-state index >= 15 is 0 Å². The van der Waals surface area contributed by atoms with Crippen LogP contribution in [0.3, 0.4) is 0 Å². The minimum atomic E-state index is -1.95. The molecule has 0 unspecified atom stereocenters. The molecule has 2 heterocycles. The number of cyclic esters (lactones) is 1. The number of benzene rings is 1. The molecular formula is C20H25FN6O4Si. The minimum Gasteiger partial charge on any atom is -0.435 e. The molecule has 0 bridgehead atoms. The van der Waals surface area contributed by atoms with Gasteiger partial charge in [-0.15, -0.1) is 0 Å². The summed E-state index contributed by atoms with van der Waals surface area (Å²) < 4.78 is 27.4. The SMILES string of the molecule is CC(C)(C)[Si](C)(C)OCc1cn(-c2ccc(N3C(=O)O[C@H](CN=[N+]=[N-])C3=O)cc2F)cn1. The van der Waals surface area contributed by atoms with E-state index in [1.165, 1.54) is 23.0 Å². The smallest absolute Gasteiger partial charge is 0.422 e. The molecule has 0 radical (unpaired) electrons. The molecule has 1 saturated heterocycles. The second kappa shape index (κ2) is 8.73. The molecule has 3 rings (SSSR count). The molecule has 12 heteroatoms. The molecule has 0 saturated carbocycles. The summed E-state index contributed by atoms with van der Waals surface area (Å²) in [7, 11) is -1.95. The average molecular weight is 461 g/mol. The molecule has 1 aromatic heterocycles. The van der Waals surface area contributed by atoms with Gasteiger partial charge in [0.05, 0.1) is 36.5 Å². The number of anilines is 1. The van der Waals surface area contributed by atoms with Gasteiger partial charge in [-0.3, -0.25) is 4.79 Å². The van der Waals surface area contributed by atoms with E-state index in [1.54, 1.807) is 6.20 Å². The number of imidazole rings is 1. The van der Waals surface area contributed by atoms with E-state index in [0.717, 1.165) is 11.0 Å². The topological polar surface area (TPSA) is 122 Å². The lowest BCUT2D eigenvalue weighted by molar-refractivity contribution is -0.121. The number of amides is 2. The van der Waals surface area contributed by atoms with Gasteiger partial charge < -0.3 is 13.7 Å². The first-order valence-corrected chi connectivity index (χ1v) is 12.9. The molecule has 0 aliphatic carbocycles. The summed E-state index contributed by atoms with van der Waals surface area (Å²) in [6.07, 6.45) is 0.982. The summed E-state index contributed by atoms with van der Waals surface area (Å²) in [5.74, 6) is -1.38. The normalized spacial score (nSPS) is 16.8. The Balaban J connectivity index is 1.76. The number of hydrogen-bond donors (Lipinski definition) is 0. The van der Waals surface area contributed by atoms with E-state index in [2.05, 4.69) is 48.9 Å². The first-order chi connectivity index (χ1) is 14.9. The molecule has 0 N–H and O–H groups in total. The fraction of sp³-hybridized carbons (Fsp3) is 0.450. The molecule has 1 aliphatic rings. The maximum absolute atomic E-state index is 14.9. The number of rotatable bonds is 7. The number of aromatic nitrogens is 2. The first-order valence-electron chi connectivity index (χ1n) is 9.97. The molecule has 0 spiro atoms. The molecule has 2 aromatic rings. The van der Waals surface area contributed by atoms with Crippen molar-refractivity contribution in [3.05, 3.63) is 52.7 Å². The third kappa shape index (κ3) is 4.67. The zero-order chi connectivity index (χ0) is 23.7. The van der Waals surface area contributed by atoms with E-state index in [4.69, 9.17) is 14.7 Å². The van der Waals surface area contributed by atoms with Gasteiger partial charge in [-0.1, -0.05) is 25.9 Å². The van der Waals surface area contributed by atoms with Crippen LogP contribution >= 0.6 is 0 Å². The van der Waals surface area contributed by atoms with Crippen LogP contribution in [0.25, 0.3) is 16.1 Å². The summed E-state index contributed by atoms with van der Waals surface area (Å²) in [4.78, 5) is 32.0. The Hall–Kier alpha value is -3.21. The van der Waals surface area contributed by atoms with Crippen LogP contribution < -0.4 is 4.90 Å². The predicted octanol–water partition coefficient (Wildman–Crippen LogP) is 4.70. The Morgan fingerprint density at radius 1 is 1.34 bits per heavy atom. The highest BCUT2D eigenvalue weighted by Gasteiger charge is 2.41. The lowest BCUT2D eigenvalue weighted by atomic mass is 10.2. The summed E-state index contributed by atoms with van der Waals surface area (Å²) in [6, 6.07) is 3.93. The maximum atomic E-state index is 14.9. The zero-order valence-electron chi connectivity index (χ0n) is 18.6. The molecule has 2 amide bonds. The Morgan fingerprint density at radius 3 is 2.69 bits per heavy atom. The van der Waals surface area contributed by atoms with Crippen LogP contribution in [0, 0.1) is 5.82 Å². The maximum Gasteiger partial charge on any atom is 0.422 e. The first kappa shape index (κ1) is 23.5. The lowest BCUT2D eigenvalue weighted by Crippen LogP contribution is -2.40. The Bertz CT molecular complexity index is 1090. The van der Waals surface area contributed by atoms with E-state index in [-0.39, 0.29) is 23.0 Å². The van der Waals surface area contributed by atoms with Crippen LogP contribution in [0.5, 0.6) is 0 Å². The number of hydrogen-bond acceptors (Lipinski definition) is 6. The lowest BCUT2D eigenvalue weighted by Gasteiger charge is -2.35. The highest BCUT2D eigenvalue weighted by atomic mass is 28.4. The Kier molecular flexibility index (Phi) is 6.40. The molecule has 1 aliphatic heterocycles. The van der Waals surface area contributed by atoms with Crippen molar-refractivity contribution in [3.8, 4) is 5.69 Å². The number of carbonyl (C=O) groups is 2. The van der Waals surface area contributed by atoms with Crippen molar-refractivity contribution in [2.45, 2.75) is 51.6 Å². The summed E-state index contributed by atoms with van der Waals surface area (Å²) in [5.41, 5.74) is 9.26. The van der Waals surface area contributed by atoms with Crippen molar-refractivity contribution in [1.82, 2.24) is 9.55 Å². The number of ether oxygens (including phenoxy) is 1. The van der Waals surface area contributed by atoms with Gasteiger partial charge >= 0.3 is 6.09 Å². The average Bonchev–Trinajstić information content (AvgIpc) is 3.28. The van der Waals surface area contributed by atoms with Gasteiger partial charge in [-0.25, -0.2) is 19.1 Å². The van der Waals surface area contributed by atoms with Gasteiger partial charge in [-0.05, 0) is 35.8 Å². The van der Waals surface area contributed by atoms with Crippen molar-refractivity contribution < 1.29 is 23.1 Å². The number of halogens is 1. The van der Waals surface area contributed by atoms with E-state index < -0.39 is 32.2 Å². The minimum absolute atomic E-state index is 0.0197. The highest BCUT2D eigenvalue weighted by Crippen LogP contribution is 2.37. The van der Waals surface area contributed by atoms with Gasteiger partial charge in [0, 0.05) is 17.2 Å². The molecule has 32 heavy (non-hydrogen) atoms. The number of imide groups is 1. The highest BCUT2D eigenvalue weighted by molar-refractivity contribution is 6.74. The van der Waals surface area contributed by atoms with Crippen LogP contribution in [0.4, 0.5) is 14.9 Å². The Labute approximate surface area is 185 Å². The van der Waals surface area contributed by atoms with Crippen molar-refractivity contribution in [2.24, 2.45) is 5.11 Å². The van der Waals surface area contributed by atoms with E-state index in [9.17, 15) is 14.0 Å². The summed E-state index contributed by atoms with van der Waals surface area (Å²) >= 11 is 0. The van der Waals surface area contributed by atoms with Crippen molar-refractivity contribution in [1.29, 1.82) is 0 Å². The fourth-order valence-electron chi connectivity index (χ4n) is 2.80. The van der Waals surface area contributed by atoms with Crippen LogP contribution in [0.2, 0.25) is 18.1 Å². The van der Waals surface area contributed by atoms with Gasteiger partial charge in [0.1, 0.15) is 5.82 Å². The second-order valence-electron chi connectivity index (χ2n) is 8.92. The van der Waals surface area contributed by atoms with Crippen molar-refractivity contribution in [3.63, 3.8) is 0 Å². The molecular weight excluding hydrogens is 435 g/mol. The standard InChI is InChI=1S/C20H25FN6O4Si/c1-20(2,3)32(4,5)30-11-13-10-26(12-23-13)16-7-6-14(8-15(16)21)27-18(28)17(9-24-25-22)31-19(27)29/h6-8,10,12,17H,9,11H2,1-5H3/t17-/m1/s1. The predicted molar refractivity (Wildman–Crippen MR) is 117 cm³/mol. The molecule has 10 nitrogen and oxygen atoms in total. The number of azide groups is 1. The summed E-state index contributed by atoms with van der Waals surface area (Å²) in [5, 5.41) is 3.31.